The fourth-order valence-electron chi connectivity index (χ4n) is 2.41. The van der Waals surface area contributed by atoms with E-state index < -0.39 is 17.9 Å². The molecule has 2 aromatic rings. The van der Waals surface area contributed by atoms with Gasteiger partial charge in [0.2, 0.25) is 0 Å². The van der Waals surface area contributed by atoms with Crippen LogP contribution in [0, 0.1) is 18.7 Å². The summed E-state index contributed by atoms with van der Waals surface area (Å²) < 4.78 is 13.0. The molecule has 0 saturated heterocycles. The number of carbonyl (C=O) groups is 2. The maximum atomic E-state index is 13.0. The summed E-state index contributed by atoms with van der Waals surface area (Å²) in [7, 11) is 0. The number of aryl methyl sites for hydroxylation is 1. The molecule has 2 unspecified atom stereocenters. The van der Waals surface area contributed by atoms with Gasteiger partial charge in [-0.1, -0.05) is 32.4 Å². The van der Waals surface area contributed by atoms with Crippen LogP contribution in [-0.4, -0.2) is 28.0 Å². The highest BCUT2D eigenvalue weighted by Gasteiger charge is 2.27. The van der Waals surface area contributed by atoms with Crippen molar-refractivity contribution in [1.29, 1.82) is 0 Å². The van der Waals surface area contributed by atoms with E-state index in [1.54, 1.807) is 26.0 Å². The summed E-state index contributed by atoms with van der Waals surface area (Å²) in [5.41, 5.74) is 1.46. The van der Waals surface area contributed by atoms with Crippen LogP contribution in [0.25, 0.3) is 0 Å². The van der Waals surface area contributed by atoms with Crippen molar-refractivity contribution in [1.82, 2.24) is 10.3 Å². The fourth-order valence-corrected chi connectivity index (χ4v) is 3.41. The first-order valence-electron chi connectivity index (χ1n) is 8.06. The SMILES string of the molecule is CCC(C)C(NC(=O)c1sc(Cc2ccc(F)cc2)nc1C)C(=O)O. The number of nitrogens with zero attached hydrogens (tertiary/aromatic N) is 1. The van der Waals surface area contributed by atoms with Gasteiger partial charge in [-0.05, 0) is 30.5 Å². The number of rotatable bonds is 7. The molecular formula is C18H21FN2O3S. The third-order valence-electron chi connectivity index (χ3n) is 4.08. The zero-order chi connectivity index (χ0) is 18.6. The van der Waals surface area contributed by atoms with E-state index in [4.69, 9.17) is 0 Å². The topological polar surface area (TPSA) is 79.3 Å². The number of carboxylic acid groups (broad SMARTS) is 1. The first kappa shape index (κ1) is 19.1. The quantitative estimate of drug-likeness (QED) is 0.789. The Labute approximate surface area is 149 Å². The molecule has 0 saturated carbocycles. The molecule has 1 aromatic carbocycles. The number of carboxylic acids is 1. The van der Waals surface area contributed by atoms with E-state index in [2.05, 4.69) is 10.3 Å². The highest BCUT2D eigenvalue weighted by Crippen LogP contribution is 2.22. The van der Waals surface area contributed by atoms with Gasteiger partial charge in [-0.15, -0.1) is 11.3 Å². The number of halogens is 1. The van der Waals surface area contributed by atoms with Crippen molar-refractivity contribution in [2.24, 2.45) is 5.92 Å². The summed E-state index contributed by atoms with van der Waals surface area (Å²) >= 11 is 1.23. The molecule has 1 amide bonds. The lowest BCUT2D eigenvalue weighted by Crippen LogP contribution is -2.44. The summed E-state index contributed by atoms with van der Waals surface area (Å²) in [5, 5.41) is 12.6. The Morgan fingerprint density at radius 1 is 1.32 bits per heavy atom. The van der Waals surface area contributed by atoms with Crippen LogP contribution < -0.4 is 5.32 Å². The summed E-state index contributed by atoms with van der Waals surface area (Å²) in [5.74, 6) is -1.94. The van der Waals surface area contributed by atoms with Crippen molar-refractivity contribution in [3.05, 3.63) is 51.2 Å². The van der Waals surface area contributed by atoms with Gasteiger partial charge in [-0.2, -0.15) is 0 Å². The van der Waals surface area contributed by atoms with Crippen molar-refractivity contribution in [2.75, 3.05) is 0 Å². The lowest BCUT2D eigenvalue weighted by Gasteiger charge is -2.19. The van der Waals surface area contributed by atoms with E-state index in [0.29, 0.717) is 23.4 Å². The number of hydrogen-bond donors (Lipinski definition) is 2. The van der Waals surface area contributed by atoms with Gasteiger partial charge in [0, 0.05) is 6.42 Å². The number of thiazole rings is 1. The zero-order valence-electron chi connectivity index (χ0n) is 14.4. The van der Waals surface area contributed by atoms with Crippen LogP contribution >= 0.6 is 11.3 Å². The monoisotopic (exact) mass is 364 g/mol. The molecule has 2 rings (SSSR count). The first-order chi connectivity index (χ1) is 11.8. The maximum Gasteiger partial charge on any atom is 0.326 e. The number of aromatic nitrogens is 1. The van der Waals surface area contributed by atoms with Gasteiger partial charge in [0.25, 0.3) is 5.91 Å². The van der Waals surface area contributed by atoms with Crippen LogP contribution in [0.15, 0.2) is 24.3 Å². The molecule has 134 valence electrons. The number of aliphatic carboxylic acids is 1. The van der Waals surface area contributed by atoms with Crippen LogP contribution in [-0.2, 0) is 11.2 Å². The van der Waals surface area contributed by atoms with Crippen LogP contribution in [0.3, 0.4) is 0 Å². The Hall–Kier alpha value is -2.28. The summed E-state index contributed by atoms with van der Waals surface area (Å²) in [6.45, 7) is 5.39. The second kappa shape index (κ2) is 8.20. The van der Waals surface area contributed by atoms with Crippen LogP contribution in [0.4, 0.5) is 4.39 Å². The third kappa shape index (κ3) is 4.85. The molecule has 2 atom stereocenters. The third-order valence-corrected chi connectivity index (χ3v) is 5.24. The largest absolute Gasteiger partial charge is 0.480 e. The number of hydrogen-bond acceptors (Lipinski definition) is 4. The molecule has 1 aromatic heterocycles. The predicted octanol–water partition coefficient (Wildman–Crippen LogP) is 3.41. The Bertz CT molecular complexity index is 758. The van der Waals surface area contributed by atoms with Gasteiger partial charge in [0.15, 0.2) is 0 Å². The molecule has 0 aliphatic rings. The molecule has 25 heavy (non-hydrogen) atoms. The van der Waals surface area contributed by atoms with E-state index in [1.807, 2.05) is 6.92 Å². The molecule has 2 N–H and O–H groups in total. The maximum absolute atomic E-state index is 13.0. The Morgan fingerprint density at radius 3 is 2.52 bits per heavy atom. The molecule has 1 heterocycles. The molecule has 0 aliphatic heterocycles. The average molecular weight is 364 g/mol. The van der Waals surface area contributed by atoms with Gasteiger partial charge < -0.3 is 10.4 Å². The average Bonchev–Trinajstić information content (AvgIpc) is 2.94. The van der Waals surface area contributed by atoms with Crippen LogP contribution in [0.5, 0.6) is 0 Å². The van der Waals surface area contributed by atoms with E-state index in [0.717, 1.165) is 10.6 Å². The molecule has 7 heteroatoms. The smallest absolute Gasteiger partial charge is 0.326 e. The number of nitrogens with one attached hydrogen (secondary N) is 1. The van der Waals surface area contributed by atoms with Gasteiger partial charge in [-0.25, -0.2) is 14.2 Å². The van der Waals surface area contributed by atoms with Crippen LogP contribution in [0.1, 0.15) is 46.2 Å². The Kier molecular flexibility index (Phi) is 6.25. The van der Waals surface area contributed by atoms with Crippen molar-refractivity contribution < 1.29 is 19.1 Å². The Morgan fingerprint density at radius 2 is 1.96 bits per heavy atom. The van der Waals surface area contributed by atoms with Gasteiger partial charge in [0.1, 0.15) is 16.7 Å². The van der Waals surface area contributed by atoms with Gasteiger partial charge in [0.05, 0.1) is 10.7 Å². The number of carbonyl (C=O) groups excluding carboxylic acids is 1. The number of benzene rings is 1. The highest BCUT2D eigenvalue weighted by atomic mass is 32.1. The normalized spacial score (nSPS) is 13.3. The van der Waals surface area contributed by atoms with Crippen molar-refractivity contribution in [2.45, 2.75) is 39.7 Å². The lowest BCUT2D eigenvalue weighted by atomic mass is 9.99. The molecule has 0 radical (unpaired) electrons. The zero-order valence-corrected chi connectivity index (χ0v) is 15.2. The first-order valence-corrected chi connectivity index (χ1v) is 8.87. The van der Waals surface area contributed by atoms with E-state index in [1.165, 1.54) is 23.5 Å². The molecule has 0 fully saturated rings. The highest BCUT2D eigenvalue weighted by molar-refractivity contribution is 7.13. The molecule has 5 nitrogen and oxygen atoms in total. The van der Waals surface area contributed by atoms with Gasteiger partial charge in [-0.3, -0.25) is 4.79 Å². The van der Waals surface area contributed by atoms with Crippen molar-refractivity contribution in [3.63, 3.8) is 0 Å². The van der Waals surface area contributed by atoms with E-state index in [-0.39, 0.29) is 11.7 Å². The fraction of sp³-hybridized carbons (Fsp3) is 0.389. The van der Waals surface area contributed by atoms with E-state index in [9.17, 15) is 19.1 Å². The number of amides is 1. The standard InChI is InChI=1S/C18H21FN2O3S/c1-4-10(2)15(18(23)24)21-17(22)16-11(3)20-14(25-16)9-12-5-7-13(19)8-6-12/h5-8,10,15H,4,9H2,1-3H3,(H,21,22)(H,23,24). The predicted molar refractivity (Wildman–Crippen MR) is 94.4 cm³/mol. The second-order valence-corrected chi connectivity index (χ2v) is 7.08. The van der Waals surface area contributed by atoms with Gasteiger partial charge >= 0.3 is 5.97 Å². The van der Waals surface area contributed by atoms with Crippen molar-refractivity contribution in [3.8, 4) is 0 Å². The molecule has 0 bridgehead atoms. The Balaban J connectivity index is 2.14. The molecule has 0 aliphatic carbocycles. The molecule has 0 spiro atoms. The van der Waals surface area contributed by atoms with E-state index >= 15 is 0 Å². The lowest BCUT2D eigenvalue weighted by molar-refractivity contribution is -0.140. The summed E-state index contributed by atoms with van der Waals surface area (Å²) in [4.78, 5) is 28.6. The second-order valence-electron chi connectivity index (χ2n) is 6.00. The minimum absolute atomic E-state index is 0.173. The van der Waals surface area contributed by atoms with Crippen molar-refractivity contribution >= 4 is 23.2 Å². The minimum atomic E-state index is -1.04. The minimum Gasteiger partial charge on any atom is -0.480 e. The summed E-state index contributed by atoms with van der Waals surface area (Å²) in [6, 6.07) is 5.18. The summed E-state index contributed by atoms with van der Waals surface area (Å²) in [6.07, 6.45) is 1.14. The van der Waals surface area contributed by atoms with Crippen LogP contribution in [0.2, 0.25) is 0 Å². The molecular weight excluding hydrogens is 343 g/mol.